The number of nitriles is 1. The van der Waals surface area contributed by atoms with Gasteiger partial charge in [0.05, 0.1) is 23.0 Å². The molecule has 0 radical (unpaired) electrons. The van der Waals surface area contributed by atoms with Crippen LogP contribution in [0.25, 0.3) is 0 Å². The van der Waals surface area contributed by atoms with Gasteiger partial charge in [0.15, 0.2) is 9.84 Å². The summed E-state index contributed by atoms with van der Waals surface area (Å²) in [6, 6.07) is 2.50. The lowest BCUT2D eigenvalue weighted by molar-refractivity contribution is 0.141. The van der Waals surface area contributed by atoms with Gasteiger partial charge in [0.2, 0.25) is 0 Å². The van der Waals surface area contributed by atoms with Gasteiger partial charge in [-0.05, 0) is 43.9 Å². The Labute approximate surface area is 110 Å². The Morgan fingerprint density at radius 1 is 1.28 bits per heavy atom. The summed E-state index contributed by atoms with van der Waals surface area (Å²) in [6.45, 7) is 2.20. The molecular weight excluding hydrogens is 246 g/mol. The molecule has 1 saturated heterocycles. The smallest absolute Gasteiger partial charge is 0.150 e. The van der Waals surface area contributed by atoms with E-state index in [1.807, 2.05) is 0 Å². The van der Waals surface area contributed by atoms with Gasteiger partial charge in [-0.3, -0.25) is 0 Å². The molecule has 1 aliphatic carbocycles. The van der Waals surface area contributed by atoms with Crippen molar-refractivity contribution in [2.24, 2.45) is 17.3 Å². The molecule has 102 valence electrons. The highest BCUT2D eigenvalue weighted by Crippen LogP contribution is 2.48. The quantitative estimate of drug-likeness (QED) is 0.791. The standard InChI is InChI=1S/C14H23NO2S/c1-2-3-12-4-7-14(11-15,8-5-12)13-6-9-18(16,17)10-13/h12-13H,2-10H2,1H3. The van der Waals surface area contributed by atoms with Gasteiger partial charge in [-0.1, -0.05) is 19.8 Å². The van der Waals surface area contributed by atoms with Crippen LogP contribution < -0.4 is 0 Å². The summed E-state index contributed by atoms with van der Waals surface area (Å²) in [5, 5.41) is 9.54. The molecule has 2 rings (SSSR count). The summed E-state index contributed by atoms with van der Waals surface area (Å²) in [5.41, 5.74) is -0.339. The molecule has 18 heavy (non-hydrogen) atoms. The van der Waals surface area contributed by atoms with Crippen LogP contribution in [0.5, 0.6) is 0 Å². The van der Waals surface area contributed by atoms with Gasteiger partial charge in [-0.2, -0.15) is 5.26 Å². The van der Waals surface area contributed by atoms with Crippen molar-refractivity contribution in [1.82, 2.24) is 0 Å². The molecule has 1 saturated carbocycles. The van der Waals surface area contributed by atoms with E-state index in [1.165, 1.54) is 12.8 Å². The molecule has 2 fully saturated rings. The topological polar surface area (TPSA) is 57.9 Å². The second-order valence-electron chi connectivity index (χ2n) is 6.10. The van der Waals surface area contributed by atoms with Crippen LogP contribution >= 0.6 is 0 Å². The Morgan fingerprint density at radius 2 is 1.94 bits per heavy atom. The lowest BCUT2D eigenvalue weighted by atomic mass is 9.64. The van der Waals surface area contributed by atoms with Crippen molar-refractivity contribution in [2.75, 3.05) is 11.5 Å². The van der Waals surface area contributed by atoms with Crippen molar-refractivity contribution < 1.29 is 8.42 Å². The lowest BCUT2D eigenvalue weighted by Crippen LogP contribution is -2.34. The third-order valence-electron chi connectivity index (χ3n) is 4.93. The zero-order valence-corrected chi connectivity index (χ0v) is 12.0. The molecule has 1 unspecified atom stereocenters. The summed E-state index contributed by atoms with van der Waals surface area (Å²) < 4.78 is 23.2. The van der Waals surface area contributed by atoms with E-state index in [0.29, 0.717) is 12.2 Å². The summed E-state index contributed by atoms with van der Waals surface area (Å²) in [6.07, 6.45) is 7.21. The van der Waals surface area contributed by atoms with Crippen molar-refractivity contribution >= 4 is 9.84 Å². The lowest BCUT2D eigenvalue weighted by Gasteiger charge is -2.38. The second kappa shape index (κ2) is 5.21. The first kappa shape index (κ1) is 13.9. The molecule has 1 heterocycles. The molecule has 0 spiro atoms. The van der Waals surface area contributed by atoms with E-state index in [1.54, 1.807) is 0 Å². The fourth-order valence-electron chi connectivity index (χ4n) is 3.73. The molecule has 0 aromatic carbocycles. The van der Waals surface area contributed by atoms with Crippen LogP contribution in [0.4, 0.5) is 0 Å². The highest BCUT2D eigenvalue weighted by molar-refractivity contribution is 7.91. The Kier molecular flexibility index (Phi) is 4.01. The first-order chi connectivity index (χ1) is 8.51. The highest BCUT2D eigenvalue weighted by Gasteiger charge is 2.46. The van der Waals surface area contributed by atoms with Gasteiger partial charge in [-0.25, -0.2) is 8.42 Å². The van der Waals surface area contributed by atoms with E-state index in [0.717, 1.165) is 31.6 Å². The molecule has 0 aromatic heterocycles. The van der Waals surface area contributed by atoms with Crippen molar-refractivity contribution in [2.45, 2.75) is 51.9 Å². The predicted molar refractivity (Wildman–Crippen MR) is 71.7 cm³/mol. The zero-order valence-electron chi connectivity index (χ0n) is 11.2. The number of hydrogen-bond acceptors (Lipinski definition) is 3. The maximum atomic E-state index is 11.6. The van der Waals surface area contributed by atoms with Crippen molar-refractivity contribution in [3.63, 3.8) is 0 Å². The average Bonchev–Trinajstić information content (AvgIpc) is 2.72. The third-order valence-corrected chi connectivity index (χ3v) is 6.70. The van der Waals surface area contributed by atoms with Crippen LogP contribution in [0.2, 0.25) is 0 Å². The van der Waals surface area contributed by atoms with Gasteiger partial charge >= 0.3 is 0 Å². The molecule has 1 atom stereocenters. The molecular formula is C14H23NO2S. The molecule has 0 bridgehead atoms. The molecule has 1 aliphatic heterocycles. The van der Waals surface area contributed by atoms with E-state index in [4.69, 9.17) is 0 Å². The van der Waals surface area contributed by atoms with E-state index in [9.17, 15) is 13.7 Å². The Morgan fingerprint density at radius 3 is 2.39 bits per heavy atom. The number of hydrogen-bond donors (Lipinski definition) is 0. The molecule has 2 aliphatic rings. The summed E-state index contributed by atoms with van der Waals surface area (Å²) in [7, 11) is -2.87. The monoisotopic (exact) mass is 269 g/mol. The summed E-state index contributed by atoms with van der Waals surface area (Å²) in [5.74, 6) is 1.39. The second-order valence-corrected chi connectivity index (χ2v) is 8.33. The van der Waals surface area contributed by atoms with Gasteiger partial charge in [0.1, 0.15) is 0 Å². The van der Waals surface area contributed by atoms with Crippen LogP contribution in [0.1, 0.15) is 51.9 Å². The Balaban J connectivity index is 2.04. The predicted octanol–water partition coefficient (Wildman–Crippen LogP) is 2.92. The minimum atomic E-state index is -2.87. The first-order valence-electron chi connectivity index (χ1n) is 7.13. The van der Waals surface area contributed by atoms with Crippen molar-refractivity contribution in [3.8, 4) is 6.07 Å². The minimum Gasteiger partial charge on any atom is -0.229 e. The van der Waals surface area contributed by atoms with Gasteiger partial charge < -0.3 is 0 Å². The van der Waals surface area contributed by atoms with Crippen LogP contribution in [-0.4, -0.2) is 19.9 Å². The third kappa shape index (κ3) is 2.71. The van der Waals surface area contributed by atoms with Crippen molar-refractivity contribution in [3.05, 3.63) is 0 Å². The molecule has 0 amide bonds. The van der Waals surface area contributed by atoms with E-state index >= 15 is 0 Å². The normalized spacial score (nSPS) is 39.3. The zero-order chi connectivity index (χ0) is 13.2. The van der Waals surface area contributed by atoms with Crippen molar-refractivity contribution in [1.29, 1.82) is 5.26 Å². The van der Waals surface area contributed by atoms with E-state index in [-0.39, 0.29) is 17.1 Å². The fraction of sp³-hybridized carbons (Fsp3) is 0.929. The van der Waals surface area contributed by atoms with Crippen LogP contribution in [0.3, 0.4) is 0 Å². The number of rotatable bonds is 3. The molecule has 4 heteroatoms. The SMILES string of the molecule is CCCC1CCC(C#N)(C2CCS(=O)(=O)C2)CC1. The number of nitrogens with zero attached hydrogens (tertiary/aromatic N) is 1. The van der Waals surface area contributed by atoms with E-state index < -0.39 is 9.84 Å². The largest absolute Gasteiger partial charge is 0.229 e. The Bertz CT molecular complexity index is 427. The van der Waals surface area contributed by atoms with Gasteiger partial charge in [-0.15, -0.1) is 0 Å². The summed E-state index contributed by atoms with van der Waals surface area (Å²) >= 11 is 0. The van der Waals surface area contributed by atoms with Crippen LogP contribution in [0.15, 0.2) is 0 Å². The maximum Gasteiger partial charge on any atom is 0.150 e. The summed E-state index contributed by atoms with van der Waals surface area (Å²) in [4.78, 5) is 0. The average molecular weight is 269 g/mol. The highest BCUT2D eigenvalue weighted by atomic mass is 32.2. The molecule has 0 aromatic rings. The maximum absolute atomic E-state index is 11.6. The van der Waals surface area contributed by atoms with Crippen LogP contribution in [-0.2, 0) is 9.84 Å². The fourth-order valence-corrected chi connectivity index (χ4v) is 5.64. The van der Waals surface area contributed by atoms with Gasteiger partial charge in [0.25, 0.3) is 0 Å². The minimum absolute atomic E-state index is 0.0927. The van der Waals surface area contributed by atoms with Gasteiger partial charge in [0, 0.05) is 0 Å². The van der Waals surface area contributed by atoms with Crippen LogP contribution in [0, 0.1) is 28.6 Å². The van der Waals surface area contributed by atoms with E-state index in [2.05, 4.69) is 13.0 Å². The molecule has 3 nitrogen and oxygen atoms in total. The Hall–Kier alpha value is -0.560. The number of sulfone groups is 1. The first-order valence-corrected chi connectivity index (χ1v) is 8.95. The molecule has 0 N–H and O–H groups in total.